The second-order valence-electron chi connectivity index (χ2n) is 8.05. The van der Waals surface area contributed by atoms with E-state index in [0.29, 0.717) is 35.5 Å². The van der Waals surface area contributed by atoms with Gasteiger partial charge in [0.25, 0.3) is 5.91 Å². The average Bonchev–Trinajstić information content (AvgIpc) is 3.41. The van der Waals surface area contributed by atoms with Crippen LogP contribution in [0.15, 0.2) is 45.6 Å². The van der Waals surface area contributed by atoms with E-state index >= 15 is 0 Å². The van der Waals surface area contributed by atoms with E-state index < -0.39 is 5.60 Å². The predicted molar refractivity (Wildman–Crippen MR) is 117 cm³/mol. The molecule has 2 aromatic heterocycles. The number of halogens is 1. The Balaban J connectivity index is 1.38. The third-order valence-corrected chi connectivity index (χ3v) is 6.15. The van der Waals surface area contributed by atoms with Crippen LogP contribution in [0.25, 0.3) is 11.4 Å². The number of ether oxygens (including phenoxy) is 1. The first kappa shape index (κ1) is 20.9. The van der Waals surface area contributed by atoms with Crippen LogP contribution in [-0.4, -0.2) is 39.6 Å². The number of nitrogens with zero attached hydrogens (tertiary/aromatic N) is 3. The molecule has 3 aromatic rings. The zero-order chi connectivity index (χ0) is 21.1. The standard InChI is InChI=1S/C22H24ClN3O3S/c1-22(2,28-18-7-5-17(23)6-8-18)21(27)26-10-3-4-15(13-26)12-19-24-20(25-29-19)16-9-11-30-14-16/h5-9,11,14-15H,3-4,10,12-13H2,1-2H3/t15-/m1/s1. The first-order valence-electron chi connectivity index (χ1n) is 10.00. The summed E-state index contributed by atoms with van der Waals surface area (Å²) < 4.78 is 11.4. The summed E-state index contributed by atoms with van der Waals surface area (Å²) in [5.74, 6) is 2.12. The molecular formula is C22H24ClN3O3S. The summed E-state index contributed by atoms with van der Waals surface area (Å²) in [6.07, 6.45) is 2.64. The maximum atomic E-state index is 13.2. The van der Waals surface area contributed by atoms with Crippen molar-refractivity contribution in [2.75, 3.05) is 13.1 Å². The van der Waals surface area contributed by atoms with Crippen LogP contribution in [0.3, 0.4) is 0 Å². The van der Waals surface area contributed by atoms with Crippen LogP contribution in [0, 0.1) is 5.92 Å². The van der Waals surface area contributed by atoms with Crippen molar-refractivity contribution in [1.82, 2.24) is 15.0 Å². The van der Waals surface area contributed by atoms with Crippen LogP contribution in [-0.2, 0) is 11.2 Å². The Morgan fingerprint density at radius 1 is 1.33 bits per heavy atom. The number of benzene rings is 1. The van der Waals surface area contributed by atoms with Crippen molar-refractivity contribution in [3.05, 3.63) is 52.0 Å². The zero-order valence-corrected chi connectivity index (χ0v) is 18.6. The number of thiophene rings is 1. The number of hydrogen-bond donors (Lipinski definition) is 0. The molecule has 0 radical (unpaired) electrons. The van der Waals surface area contributed by atoms with Gasteiger partial charge in [-0.3, -0.25) is 4.79 Å². The van der Waals surface area contributed by atoms with E-state index in [4.69, 9.17) is 20.9 Å². The van der Waals surface area contributed by atoms with Crippen LogP contribution in [0.2, 0.25) is 5.02 Å². The van der Waals surface area contributed by atoms with Gasteiger partial charge in [-0.1, -0.05) is 16.8 Å². The normalized spacial score (nSPS) is 17.2. The molecule has 1 aliphatic heterocycles. The van der Waals surface area contributed by atoms with Crippen molar-refractivity contribution >= 4 is 28.8 Å². The Morgan fingerprint density at radius 2 is 2.13 bits per heavy atom. The highest BCUT2D eigenvalue weighted by Gasteiger charge is 2.36. The summed E-state index contributed by atoms with van der Waals surface area (Å²) in [5.41, 5.74) is 0.00308. The molecule has 1 fully saturated rings. The lowest BCUT2D eigenvalue weighted by molar-refractivity contribution is -0.147. The van der Waals surface area contributed by atoms with Crippen LogP contribution in [0.4, 0.5) is 0 Å². The van der Waals surface area contributed by atoms with Crippen molar-refractivity contribution in [3.8, 4) is 17.1 Å². The molecule has 1 saturated heterocycles. The van der Waals surface area contributed by atoms with Gasteiger partial charge in [0, 0.05) is 35.5 Å². The fourth-order valence-corrected chi connectivity index (χ4v) is 4.49. The van der Waals surface area contributed by atoms with Gasteiger partial charge in [0.1, 0.15) is 5.75 Å². The minimum Gasteiger partial charge on any atom is -0.478 e. The van der Waals surface area contributed by atoms with Crippen molar-refractivity contribution in [2.45, 2.75) is 38.7 Å². The van der Waals surface area contributed by atoms with Gasteiger partial charge in [0.15, 0.2) is 5.60 Å². The number of carbonyl (C=O) groups is 1. The first-order valence-corrected chi connectivity index (χ1v) is 11.3. The molecule has 0 N–H and O–H groups in total. The maximum Gasteiger partial charge on any atom is 0.266 e. The number of likely N-dealkylation sites (tertiary alicyclic amines) is 1. The average molecular weight is 446 g/mol. The van der Waals surface area contributed by atoms with Crippen LogP contribution >= 0.6 is 22.9 Å². The van der Waals surface area contributed by atoms with Crippen LogP contribution < -0.4 is 4.74 Å². The molecule has 4 rings (SSSR count). The van der Waals surface area contributed by atoms with Crippen LogP contribution in [0.1, 0.15) is 32.6 Å². The van der Waals surface area contributed by atoms with Gasteiger partial charge < -0.3 is 14.2 Å². The van der Waals surface area contributed by atoms with E-state index in [1.165, 1.54) is 0 Å². The molecular weight excluding hydrogens is 422 g/mol. The van der Waals surface area contributed by atoms with Crippen molar-refractivity contribution < 1.29 is 14.1 Å². The van der Waals surface area contributed by atoms with Gasteiger partial charge in [-0.25, -0.2) is 0 Å². The van der Waals surface area contributed by atoms with Crippen molar-refractivity contribution in [1.29, 1.82) is 0 Å². The fraction of sp³-hybridized carbons (Fsp3) is 0.409. The van der Waals surface area contributed by atoms with E-state index in [0.717, 1.165) is 24.9 Å². The molecule has 6 nitrogen and oxygen atoms in total. The molecule has 0 spiro atoms. The highest BCUT2D eigenvalue weighted by molar-refractivity contribution is 7.08. The third-order valence-electron chi connectivity index (χ3n) is 5.22. The Hall–Kier alpha value is -2.38. The number of carbonyl (C=O) groups excluding carboxylic acids is 1. The fourth-order valence-electron chi connectivity index (χ4n) is 3.73. The summed E-state index contributed by atoms with van der Waals surface area (Å²) in [5, 5.41) is 8.70. The second kappa shape index (κ2) is 8.78. The maximum absolute atomic E-state index is 13.2. The van der Waals surface area contributed by atoms with Gasteiger partial charge in [0.2, 0.25) is 11.7 Å². The minimum absolute atomic E-state index is 0.0216. The molecule has 1 amide bonds. The number of piperidine rings is 1. The third kappa shape index (κ3) is 4.84. The molecule has 0 bridgehead atoms. The highest BCUT2D eigenvalue weighted by Crippen LogP contribution is 2.27. The Labute approximate surface area is 184 Å². The van der Waals surface area contributed by atoms with Gasteiger partial charge in [-0.2, -0.15) is 16.3 Å². The number of rotatable bonds is 6. The number of hydrogen-bond acceptors (Lipinski definition) is 6. The molecule has 1 atom stereocenters. The predicted octanol–water partition coefficient (Wildman–Crippen LogP) is 5.09. The van der Waals surface area contributed by atoms with E-state index in [1.54, 1.807) is 49.4 Å². The molecule has 0 aliphatic carbocycles. The van der Waals surface area contributed by atoms with Crippen LogP contribution in [0.5, 0.6) is 5.75 Å². The van der Waals surface area contributed by atoms with E-state index in [1.807, 2.05) is 21.7 Å². The van der Waals surface area contributed by atoms with E-state index in [2.05, 4.69) is 10.1 Å². The quantitative estimate of drug-likeness (QED) is 0.528. The van der Waals surface area contributed by atoms with E-state index in [-0.39, 0.29) is 11.8 Å². The molecule has 0 unspecified atom stereocenters. The molecule has 158 valence electrons. The van der Waals surface area contributed by atoms with Gasteiger partial charge in [-0.05, 0) is 68.3 Å². The topological polar surface area (TPSA) is 68.5 Å². The van der Waals surface area contributed by atoms with Crippen molar-refractivity contribution in [3.63, 3.8) is 0 Å². The molecule has 30 heavy (non-hydrogen) atoms. The Bertz CT molecular complexity index is 985. The Morgan fingerprint density at radius 3 is 2.87 bits per heavy atom. The summed E-state index contributed by atoms with van der Waals surface area (Å²) in [6, 6.07) is 9.03. The van der Waals surface area contributed by atoms with Gasteiger partial charge in [0.05, 0.1) is 0 Å². The van der Waals surface area contributed by atoms with E-state index in [9.17, 15) is 4.79 Å². The lowest BCUT2D eigenvalue weighted by Gasteiger charge is -2.37. The summed E-state index contributed by atoms with van der Waals surface area (Å²) in [7, 11) is 0. The van der Waals surface area contributed by atoms with Gasteiger partial charge in [-0.15, -0.1) is 0 Å². The summed E-state index contributed by atoms with van der Waals surface area (Å²) >= 11 is 7.53. The van der Waals surface area contributed by atoms with Crippen molar-refractivity contribution in [2.24, 2.45) is 5.92 Å². The number of amides is 1. The monoisotopic (exact) mass is 445 g/mol. The molecule has 1 aromatic carbocycles. The lowest BCUT2D eigenvalue weighted by atomic mass is 9.93. The molecule has 3 heterocycles. The smallest absolute Gasteiger partial charge is 0.266 e. The van der Waals surface area contributed by atoms with Gasteiger partial charge >= 0.3 is 0 Å². The lowest BCUT2D eigenvalue weighted by Crippen LogP contribution is -2.52. The minimum atomic E-state index is -0.966. The molecule has 8 heteroatoms. The Kier molecular flexibility index (Phi) is 6.11. The molecule has 1 aliphatic rings. The summed E-state index contributed by atoms with van der Waals surface area (Å²) in [6.45, 7) is 4.99. The zero-order valence-electron chi connectivity index (χ0n) is 17.0. The first-order chi connectivity index (χ1) is 14.4. The second-order valence-corrected chi connectivity index (χ2v) is 9.27. The molecule has 0 saturated carbocycles. The summed E-state index contributed by atoms with van der Waals surface area (Å²) in [4.78, 5) is 19.6. The largest absolute Gasteiger partial charge is 0.478 e. The SMILES string of the molecule is CC(C)(Oc1ccc(Cl)cc1)C(=O)N1CCC[C@H](Cc2nc(-c3ccsc3)no2)C1. The number of aromatic nitrogens is 2. The highest BCUT2D eigenvalue weighted by atomic mass is 35.5.